The fraction of sp³-hybridized carbons (Fsp3) is 0.592. The number of hydrogen-bond acceptors (Lipinski definition) is 11. The minimum atomic E-state index is -5.08. The van der Waals surface area contributed by atoms with E-state index in [-0.39, 0.29) is 29.7 Å². The number of nitrogens with zero attached hydrogens (tertiary/aromatic N) is 2. The van der Waals surface area contributed by atoms with Gasteiger partial charge in [-0.15, -0.1) is 0 Å². The molecule has 2 aromatic carbocycles. The number of piperidine rings is 1. The maximum atomic E-state index is 14.1. The summed E-state index contributed by atoms with van der Waals surface area (Å²) < 4.78 is 95.2. The van der Waals surface area contributed by atoms with Gasteiger partial charge in [0, 0.05) is 25.6 Å². The molecule has 2 saturated heterocycles. The van der Waals surface area contributed by atoms with Crippen molar-refractivity contribution in [1.82, 2.24) is 25.8 Å². The predicted octanol–water partition coefficient (Wildman–Crippen LogP) is 4.65. The Morgan fingerprint density at radius 3 is 1.49 bits per heavy atom. The second-order valence-corrected chi connectivity index (χ2v) is 19.1. The van der Waals surface area contributed by atoms with Crippen LogP contribution < -0.4 is 27.4 Å². The van der Waals surface area contributed by atoms with Crippen LogP contribution in [0.25, 0.3) is 0 Å². The highest BCUT2D eigenvalue weighted by atomic mass is 19.4. The molecule has 5 rings (SSSR count). The first-order chi connectivity index (χ1) is 35.7. The lowest BCUT2D eigenvalue weighted by molar-refractivity contribution is -0.193. The second kappa shape index (κ2) is 30.4. The molecule has 77 heavy (non-hydrogen) atoms. The zero-order chi connectivity index (χ0) is 58.5. The molecule has 1 saturated carbocycles. The number of halogens is 9. The number of carboxylic acids is 4. The Morgan fingerprint density at radius 2 is 1.06 bits per heavy atom. The Kier molecular flexibility index (Phi) is 26.3. The third-order valence-electron chi connectivity index (χ3n) is 12.7. The lowest BCUT2D eigenvalue weighted by Gasteiger charge is -2.55. The number of nitrogens with one attached hydrogen (secondary N) is 3. The van der Waals surface area contributed by atoms with Crippen molar-refractivity contribution < 1.29 is 98.3 Å². The molecule has 4 amide bonds. The van der Waals surface area contributed by atoms with Crippen molar-refractivity contribution >= 4 is 47.5 Å². The van der Waals surface area contributed by atoms with Gasteiger partial charge in [0.15, 0.2) is 0 Å². The maximum absolute atomic E-state index is 14.1. The molecule has 2 aromatic rings. The summed E-state index contributed by atoms with van der Waals surface area (Å²) in [6.07, 6.45) is -7.42. The number of amides is 4. The first kappa shape index (κ1) is 66.6. The van der Waals surface area contributed by atoms with E-state index >= 15 is 0 Å². The summed E-state index contributed by atoms with van der Waals surface area (Å²) in [5.41, 5.74) is 14.0. The van der Waals surface area contributed by atoms with Crippen LogP contribution in [0, 0.1) is 11.3 Å². The van der Waals surface area contributed by atoms with Crippen LogP contribution in [0.1, 0.15) is 89.2 Å². The standard InChI is InChI=1S/C43H63N7O6.3C2HF3O2/c1-29(2)24-35(48-40(53)36(26-31-14-7-4-8-15-31)47-38(51)33(45)25-30-12-5-3-6-13-30)39(52)46-34(16-9-10-20-44)41(54)49-22-18-43(19-23-49)27-32(28-43)50-21-11-17-37(50)42(55)56;3*3-2(4,5)1(6)7/h3-8,12-15,29,32-37H,9-11,16-28,44-45H2,1-2H3,(H,46,52)(H,47,51)(H,48,53)(H,55,56);3*(H,6,7)/t33?,34?,35?,36?,37-;;;/m1.../s1. The van der Waals surface area contributed by atoms with Crippen molar-refractivity contribution in [3.05, 3.63) is 71.8 Å². The minimum Gasteiger partial charge on any atom is -0.480 e. The number of carboxylic acid groups (broad SMARTS) is 4. The van der Waals surface area contributed by atoms with E-state index in [1.165, 1.54) is 0 Å². The average Bonchev–Trinajstić information content (AvgIpc) is 3.83. The van der Waals surface area contributed by atoms with E-state index in [4.69, 9.17) is 41.2 Å². The predicted molar refractivity (Wildman–Crippen MR) is 256 cm³/mol. The van der Waals surface area contributed by atoms with Gasteiger partial charge in [0.2, 0.25) is 23.6 Å². The number of nitrogens with two attached hydrogens (primary N) is 2. The zero-order valence-electron chi connectivity index (χ0n) is 42.1. The molecule has 1 spiro atoms. The van der Waals surface area contributed by atoms with Gasteiger partial charge < -0.3 is 52.7 Å². The van der Waals surface area contributed by atoms with Crippen LogP contribution in [-0.2, 0) is 51.2 Å². The second-order valence-electron chi connectivity index (χ2n) is 19.1. The Bertz CT molecular complexity index is 2190. The highest BCUT2D eigenvalue weighted by Crippen LogP contribution is 2.52. The molecule has 3 aliphatic rings. The number of hydrogen-bond donors (Lipinski definition) is 9. The quantitative estimate of drug-likeness (QED) is 0.0683. The molecule has 11 N–H and O–H groups in total. The lowest BCUT2D eigenvalue weighted by Crippen LogP contribution is -2.60. The van der Waals surface area contributed by atoms with Crippen LogP contribution in [-0.4, -0.2) is 159 Å². The molecule has 2 heterocycles. The van der Waals surface area contributed by atoms with Crippen molar-refractivity contribution in [3.8, 4) is 0 Å². The third kappa shape index (κ3) is 23.3. The first-order valence-electron chi connectivity index (χ1n) is 24.3. The number of benzene rings is 2. The number of rotatable bonds is 19. The Morgan fingerprint density at radius 1 is 0.636 bits per heavy atom. The van der Waals surface area contributed by atoms with Gasteiger partial charge in [-0.05, 0) is 106 Å². The fourth-order valence-corrected chi connectivity index (χ4v) is 8.79. The average molecular weight is 1120 g/mol. The summed E-state index contributed by atoms with van der Waals surface area (Å²) in [6.45, 7) is 6.38. The van der Waals surface area contributed by atoms with Crippen molar-refractivity contribution in [2.75, 3.05) is 26.2 Å². The zero-order valence-corrected chi connectivity index (χ0v) is 42.1. The van der Waals surface area contributed by atoms with Crippen LogP contribution in [0.4, 0.5) is 39.5 Å². The number of carbonyl (C=O) groups excluding carboxylic acids is 4. The fourth-order valence-electron chi connectivity index (χ4n) is 8.79. The normalized spacial score (nSPS) is 17.9. The molecule has 2 aliphatic heterocycles. The van der Waals surface area contributed by atoms with Gasteiger partial charge in [-0.2, -0.15) is 39.5 Å². The molecule has 0 bridgehead atoms. The summed E-state index contributed by atoms with van der Waals surface area (Å²) in [6, 6.07) is 15.1. The molecule has 1 aliphatic carbocycles. The molecule has 3 fully saturated rings. The molecule has 0 aromatic heterocycles. The first-order valence-corrected chi connectivity index (χ1v) is 24.3. The largest absolute Gasteiger partial charge is 0.490 e. The summed E-state index contributed by atoms with van der Waals surface area (Å²) >= 11 is 0. The van der Waals surface area contributed by atoms with Crippen molar-refractivity contribution in [3.63, 3.8) is 0 Å². The monoisotopic (exact) mass is 1120 g/mol. The van der Waals surface area contributed by atoms with Gasteiger partial charge in [0.25, 0.3) is 0 Å². The SMILES string of the molecule is CC(C)CC(NC(=O)C(Cc1ccccc1)NC(=O)C(N)Cc1ccccc1)C(=O)NC(CCCCN)C(=O)N1CCC2(CC1)CC(N1CCC[C@@H]1C(=O)O)C2.O=C(O)C(F)(F)F.O=C(O)C(F)(F)F.O=C(O)C(F)(F)F. The number of likely N-dealkylation sites (tertiary alicyclic amines) is 2. The Balaban J connectivity index is 0.000000810. The van der Waals surface area contributed by atoms with Gasteiger partial charge in [-0.25, -0.2) is 14.4 Å². The molecular formula is C49H66F9N7O12. The van der Waals surface area contributed by atoms with Crippen LogP contribution in [0.5, 0.6) is 0 Å². The highest BCUT2D eigenvalue weighted by molar-refractivity contribution is 5.95. The van der Waals surface area contributed by atoms with Crippen LogP contribution in [0.15, 0.2) is 60.7 Å². The topological polar surface area (TPSA) is 312 Å². The van der Waals surface area contributed by atoms with Gasteiger partial charge in [0.05, 0.1) is 6.04 Å². The molecule has 5 atom stereocenters. The molecule has 4 unspecified atom stereocenters. The molecular weight excluding hydrogens is 1050 g/mol. The molecule has 0 radical (unpaired) electrons. The van der Waals surface area contributed by atoms with Crippen molar-refractivity contribution in [2.45, 2.75) is 146 Å². The number of carbonyl (C=O) groups is 8. The van der Waals surface area contributed by atoms with E-state index in [9.17, 15) is 68.6 Å². The third-order valence-corrected chi connectivity index (χ3v) is 12.7. The lowest BCUT2D eigenvalue weighted by atomic mass is 9.60. The highest BCUT2D eigenvalue weighted by Gasteiger charge is 2.51. The Hall–Kier alpha value is -6.55. The molecule has 432 valence electrons. The van der Waals surface area contributed by atoms with Gasteiger partial charge in [0.1, 0.15) is 24.2 Å². The Labute approximate surface area is 437 Å². The van der Waals surface area contributed by atoms with E-state index in [1.807, 2.05) is 79.4 Å². The van der Waals surface area contributed by atoms with Gasteiger partial charge in [-0.1, -0.05) is 74.5 Å². The van der Waals surface area contributed by atoms with Crippen LogP contribution in [0.3, 0.4) is 0 Å². The van der Waals surface area contributed by atoms with Crippen molar-refractivity contribution in [1.29, 1.82) is 0 Å². The number of alkyl halides is 9. The molecule has 28 heteroatoms. The summed E-state index contributed by atoms with van der Waals surface area (Å²) in [5, 5.41) is 39.8. The van der Waals surface area contributed by atoms with Crippen LogP contribution >= 0.6 is 0 Å². The van der Waals surface area contributed by atoms with E-state index in [0.717, 1.165) is 49.8 Å². The van der Waals surface area contributed by atoms with Crippen molar-refractivity contribution in [2.24, 2.45) is 22.8 Å². The summed E-state index contributed by atoms with van der Waals surface area (Å²) in [5.74, 6) is -10.5. The van der Waals surface area contributed by atoms with E-state index < -0.39 is 90.3 Å². The smallest absolute Gasteiger partial charge is 0.480 e. The van der Waals surface area contributed by atoms with E-state index in [0.29, 0.717) is 58.2 Å². The van der Waals surface area contributed by atoms with E-state index in [2.05, 4.69) is 20.9 Å². The number of unbranched alkanes of at least 4 members (excludes halogenated alkanes) is 1. The van der Waals surface area contributed by atoms with Gasteiger partial charge >= 0.3 is 42.4 Å². The molecule has 19 nitrogen and oxygen atoms in total. The van der Waals surface area contributed by atoms with Gasteiger partial charge in [-0.3, -0.25) is 28.9 Å². The van der Waals surface area contributed by atoms with Crippen LogP contribution in [0.2, 0.25) is 0 Å². The summed E-state index contributed by atoms with van der Waals surface area (Å²) in [4.78, 5) is 98.0. The maximum Gasteiger partial charge on any atom is 0.490 e. The minimum absolute atomic E-state index is 0.0369. The summed E-state index contributed by atoms with van der Waals surface area (Å²) in [7, 11) is 0. The number of aliphatic carboxylic acids is 4. The van der Waals surface area contributed by atoms with E-state index in [1.54, 1.807) is 0 Å².